The van der Waals surface area contributed by atoms with Crippen LogP contribution in [0.25, 0.3) is 0 Å². The molecule has 2 N–H and O–H groups in total. The lowest BCUT2D eigenvalue weighted by Gasteiger charge is -2.30. The number of hydrogen-bond donors (Lipinski definition) is 2. The van der Waals surface area contributed by atoms with Crippen molar-refractivity contribution >= 4 is 29.3 Å². The van der Waals surface area contributed by atoms with E-state index < -0.39 is 5.51 Å². The Bertz CT molecular complexity index is 913. The number of carbonyl (C=O) groups is 1. The van der Waals surface area contributed by atoms with E-state index in [-0.39, 0.29) is 41.1 Å². The Hall–Kier alpha value is -2.49. The summed E-state index contributed by atoms with van der Waals surface area (Å²) in [6.07, 6.45) is 3.69. The first-order valence-electron chi connectivity index (χ1n) is 10.5. The third kappa shape index (κ3) is 7.58. The SMILES string of the molecule is Cc1nc(NC2CCC(NC(=O)Cc3ccc(SC(F)(F)F)cc3)CC2)cc(N(C)C)n1. The molecule has 0 saturated heterocycles. The number of aromatic nitrogens is 2. The molecule has 0 unspecified atom stereocenters. The van der Waals surface area contributed by atoms with Crippen LogP contribution in [0, 0.1) is 6.92 Å². The fourth-order valence-electron chi connectivity index (χ4n) is 3.72. The number of aryl methyl sites for hydroxylation is 1. The van der Waals surface area contributed by atoms with Crippen LogP contribution in [0.15, 0.2) is 35.2 Å². The van der Waals surface area contributed by atoms with Crippen LogP contribution in [-0.2, 0) is 11.2 Å². The Kier molecular flexibility index (Phi) is 7.86. The quantitative estimate of drug-likeness (QED) is 0.583. The number of benzene rings is 1. The van der Waals surface area contributed by atoms with Crippen LogP contribution < -0.4 is 15.5 Å². The van der Waals surface area contributed by atoms with Gasteiger partial charge in [0.15, 0.2) is 0 Å². The number of hydrogen-bond acceptors (Lipinski definition) is 6. The monoisotopic (exact) mass is 467 g/mol. The zero-order valence-corrected chi connectivity index (χ0v) is 19.2. The molecule has 0 aliphatic heterocycles. The van der Waals surface area contributed by atoms with E-state index in [1.165, 1.54) is 12.1 Å². The van der Waals surface area contributed by atoms with E-state index in [1.54, 1.807) is 12.1 Å². The number of carbonyl (C=O) groups excluding carboxylic acids is 1. The van der Waals surface area contributed by atoms with Crippen molar-refractivity contribution in [2.45, 2.75) is 61.5 Å². The van der Waals surface area contributed by atoms with Gasteiger partial charge in [-0.05, 0) is 62.1 Å². The molecule has 1 fully saturated rings. The van der Waals surface area contributed by atoms with E-state index in [2.05, 4.69) is 20.6 Å². The van der Waals surface area contributed by atoms with Gasteiger partial charge < -0.3 is 15.5 Å². The molecule has 10 heteroatoms. The van der Waals surface area contributed by atoms with Gasteiger partial charge in [-0.15, -0.1) is 0 Å². The standard InChI is InChI=1S/C22H28F3N5OS/c1-14-26-19(13-20(27-14)30(2)3)28-16-6-8-17(9-7-16)29-21(31)12-15-4-10-18(11-5-15)32-22(23,24)25/h4-5,10-11,13,16-17H,6-9,12H2,1-3H3,(H,29,31)(H,26,27,28). The Morgan fingerprint density at radius 1 is 1.09 bits per heavy atom. The lowest BCUT2D eigenvalue weighted by Crippen LogP contribution is -2.40. The Morgan fingerprint density at radius 2 is 1.72 bits per heavy atom. The van der Waals surface area contributed by atoms with Gasteiger partial charge in [0.05, 0.1) is 6.42 Å². The summed E-state index contributed by atoms with van der Waals surface area (Å²) in [4.78, 5) is 23.3. The van der Waals surface area contributed by atoms with Crippen LogP contribution in [0.1, 0.15) is 37.1 Å². The molecular formula is C22H28F3N5OS. The first kappa shape index (κ1) is 24.2. The summed E-state index contributed by atoms with van der Waals surface area (Å²) in [5, 5.41) is 6.53. The lowest BCUT2D eigenvalue weighted by molar-refractivity contribution is -0.121. The molecule has 1 aromatic carbocycles. The van der Waals surface area contributed by atoms with Crippen molar-refractivity contribution in [3.8, 4) is 0 Å². The van der Waals surface area contributed by atoms with Crippen LogP contribution in [-0.4, -0.2) is 47.6 Å². The van der Waals surface area contributed by atoms with Crippen LogP contribution in [0.3, 0.4) is 0 Å². The lowest BCUT2D eigenvalue weighted by atomic mass is 9.91. The molecule has 0 bridgehead atoms. The summed E-state index contributed by atoms with van der Waals surface area (Å²) in [5.41, 5.74) is -3.62. The van der Waals surface area contributed by atoms with Crippen LogP contribution in [0.5, 0.6) is 0 Å². The largest absolute Gasteiger partial charge is 0.446 e. The second-order valence-electron chi connectivity index (χ2n) is 8.18. The Morgan fingerprint density at radius 3 is 2.31 bits per heavy atom. The van der Waals surface area contributed by atoms with Crippen molar-refractivity contribution in [1.82, 2.24) is 15.3 Å². The molecular weight excluding hydrogens is 439 g/mol. The molecule has 1 aliphatic rings. The van der Waals surface area contributed by atoms with Crippen molar-refractivity contribution in [3.05, 3.63) is 41.7 Å². The fraction of sp³-hybridized carbons (Fsp3) is 0.500. The summed E-state index contributed by atoms with van der Waals surface area (Å²) in [6.45, 7) is 1.87. The zero-order chi connectivity index (χ0) is 23.3. The topological polar surface area (TPSA) is 70.2 Å². The average Bonchev–Trinajstić information content (AvgIpc) is 2.69. The second kappa shape index (κ2) is 10.4. The molecule has 2 aromatic rings. The highest BCUT2D eigenvalue weighted by Crippen LogP contribution is 2.36. The molecule has 0 spiro atoms. The number of nitrogens with zero attached hydrogens (tertiary/aromatic N) is 3. The van der Waals surface area contributed by atoms with Gasteiger partial charge >= 0.3 is 5.51 Å². The van der Waals surface area contributed by atoms with E-state index in [9.17, 15) is 18.0 Å². The predicted molar refractivity (Wildman–Crippen MR) is 121 cm³/mol. The Balaban J connectivity index is 1.44. The van der Waals surface area contributed by atoms with Crippen molar-refractivity contribution in [2.24, 2.45) is 0 Å². The third-order valence-corrected chi connectivity index (χ3v) is 5.99. The number of alkyl halides is 3. The van der Waals surface area contributed by atoms with Gasteiger partial charge in [0, 0.05) is 37.1 Å². The first-order valence-corrected chi connectivity index (χ1v) is 11.3. The number of halogens is 3. The minimum absolute atomic E-state index is 0.102. The van der Waals surface area contributed by atoms with Crippen molar-refractivity contribution in [1.29, 1.82) is 0 Å². The highest BCUT2D eigenvalue weighted by molar-refractivity contribution is 8.00. The molecule has 1 aromatic heterocycles. The van der Waals surface area contributed by atoms with E-state index in [4.69, 9.17) is 0 Å². The highest BCUT2D eigenvalue weighted by atomic mass is 32.2. The smallest absolute Gasteiger partial charge is 0.367 e. The highest BCUT2D eigenvalue weighted by Gasteiger charge is 2.29. The van der Waals surface area contributed by atoms with E-state index in [0.29, 0.717) is 11.4 Å². The van der Waals surface area contributed by atoms with Gasteiger partial charge in [0.1, 0.15) is 17.5 Å². The minimum Gasteiger partial charge on any atom is -0.367 e. The van der Waals surface area contributed by atoms with Crippen molar-refractivity contribution in [2.75, 3.05) is 24.3 Å². The molecule has 1 heterocycles. The molecule has 1 saturated carbocycles. The number of amides is 1. The first-order chi connectivity index (χ1) is 15.1. The normalized spacial score (nSPS) is 18.8. The third-order valence-electron chi connectivity index (χ3n) is 5.25. The summed E-state index contributed by atoms with van der Waals surface area (Å²) in [5.74, 6) is 2.26. The van der Waals surface area contributed by atoms with E-state index in [1.807, 2.05) is 32.0 Å². The molecule has 32 heavy (non-hydrogen) atoms. The van der Waals surface area contributed by atoms with Gasteiger partial charge in [-0.2, -0.15) is 13.2 Å². The van der Waals surface area contributed by atoms with Gasteiger partial charge in [-0.3, -0.25) is 4.79 Å². The minimum atomic E-state index is -4.31. The number of thioether (sulfide) groups is 1. The van der Waals surface area contributed by atoms with Gasteiger partial charge in [0.2, 0.25) is 5.91 Å². The number of anilines is 2. The summed E-state index contributed by atoms with van der Waals surface area (Å²) in [7, 11) is 3.88. The van der Waals surface area contributed by atoms with Crippen LogP contribution >= 0.6 is 11.8 Å². The molecule has 1 aliphatic carbocycles. The molecule has 1 amide bonds. The summed E-state index contributed by atoms with van der Waals surface area (Å²) < 4.78 is 37.2. The summed E-state index contributed by atoms with van der Waals surface area (Å²) >= 11 is -0.157. The van der Waals surface area contributed by atoms with E-state index >= 15 is 0 Å². The zero-order valence-electron chi connectivity index (χ0n) is 18.4. The average molecular weight is 468 g/mol. The van der Waals surface area contributed by atoms with Crippen LogP contribution in [0.2, 0.25) is 0 Å². The second-order valence-corrected chi connectivity index (χ2v) is 9.32. The maximum atomic E-state index is 12.4. The van der Waals surface area contributed by atoms with E-state index in [0.717, 1.165) is 37.3 Å². The molecule has 6 nitrogen and oxygen atoms in total. The number of rotatable bonds is 7. The van der Waals surface area contributed by atoms with Crippen LogP contribution in [0.4, 0.5) is 24.8 Å². The molecule has 0 atom stereocenters. The van der Waals surface area contributed by atoms with Crippen molar-refractivity contribution in [3.63, 3.8) is 0 Å². The number of nitrogens with one attached hydrogen (secondary N) is 2. The molecule has 3 rings (SSSR count). The predicted octanol–water partition coefficient (Wildman–Crippen LogP) is 4.54. The van der Waals surface area contributed by atoms with Crippen molar-refractivity contribution < 1.29 is 18.0 Å². The van der Waals surface area contributed by atoms with Gasteiger partial charge in [0.25, 0.3) is 0 Å². The maximum absolute atomic E-state index is 12.4. The fourth-order valence-corrected chi connectivity index (χ4v) is 4.26. The Labute approximate surface area is 190 Å². The molecule has 0 radical (unpaired) electrons. The molecule has 174 valence electrons. The van der Waals surface area contributed by atoms with Gasteiger partial charge in [-0.25, -0.2) is 9.97 Å². The van der Waals surface area contributed by atoms with Gasteiger partial charge in [-0.1, -0.05) is 12.1 Å². The summed E-state index contributed by atoms with van der Waals surface area (Å²) in [6, 6.07) is 8.25. The maximum Gasteiger partial charge on any atom is 0.446 e.